The van der Waals surface area contributed by atoms with Gasteiger partial charge in [0.05, 0.1) is 5.92 Å². The Bertz CT molecular complexity index is 600. The Labute approximate surface area is 147 Å². The summed E-state index contributed by atoms with van der Waals surface area (Å²) in [6.45, 7) is 4.05. The number of hydrogen-bond acceptors (Lipinski definition) is 3. The summed E-state index contributed by atoms with van der Waals surface area (Å²) in [6, 6.07) is 5.51. The number of hydrogen-bond donors (Lipinski definition) is 1. The number of carboxylic acid groups (broad SMARTS) is 1. The van der Waals surface area contributed by atoms with Crippen molar-refractivity contribution in [2.45, 2.75) is 19.4 Å². The standard InChI is InChI=1S/C17H22Cl2N2O2/c1-20-6-4-17(5-7-20)11-21(10-14(17)16(22)23)9-12-2-3-13(18)8-15(12)19/h2-3,8,14H,4-7,9-11H2,1H3,(H,22,23)/t14-/m1/s1. The van der Waals surface area contributed by atoms with Crippen LogP contribution in [0.4, 0.5) is 0 Å². The number of rotatable bonds is 3. The van der Waals surface area contributed by atoms with Crippen molar-refractivity contribution in [2.24, 2.45) is 11.3 Å². The fourth-order valence-electron chi connectivity index (χ4n) is 3.99. The van der Waals surface area contributed by atoms with Gasteiger partial charge in [-0.25, -0.2) is 0 Å². The highest BCUT2D eigenvalue weighted by molar-refractivity contribution is 6.35. The molecule has 0 aromatic heterocycles. The quantitative estimate of drug-likeness (QED) is 0.902. The summed E-state index contributed by atoms with van der Waals surface area (Å²) in [5.74, 6) is -0.957. The van der Waals surface area contributed by atoms with Crippen molar-refractivity contribution < 1.29 is 9.90 Å². The van der Waals surface area contributed by atoms with E-state index in [-0.39, 0.29) is 11.3 Å². The van der Waals surface area contributed by atoms with E-state index in [1.807, 2.05) is 12.1 Å². The zero-order valence-corrected chi connectivity index (χ0v) is 14.8. The molecule has 0 aliphatic carbocycles. The fourth-order valence-corrected chi connectivity index (χ4v) is 4.46. The minimum Gasteiger partial charge on any atom is -0.481 e. The zero-order chi connectivity index (χ0) is 16.6. The molecule has 1 aromatic rings. The van der Waals surface area contributed by atoms with Crippen LogP contribution in [0.2, 0.25) is 10.0 Å². The first-order chi connectivity index (χ1) is 10.9. The summed E-state index contributed by atoms with van der Waals surface area (Å²) in [5.41, 5.74) is 0.905. The molecule has 1 spiro atoms. The van der Waals surface area contributed by atoms with Gasteiger partial charge < -0.3 is 10.0 Å². The van der Waals surface area contributed by atoms with E-state index in [0.29, 0.717) is 23.1 Å². The van der Waals surface area contributed by atoms with Gasteiger partial charge in [-0.15, -0.1) is 0 Å². The van der Waals surface area contributed by atoms with E-state index in [1.165, 1.54) is 0 Å². The summed E-state index contributed by atoms with van der Waals surface area (Å²) in [5, 5.41) is 11.0. The van der Waals surface area contributed by atoms with Crippen molar-refractivity contribution in [1.82, 2.24) is 9.80 Å². The van der Waals surface area contributed by atoms with Crippen LogP contribution >= 0.6 is 23.2 Å². The van der Waals surface area contributed by atoms with E-state index in [4.69, 9.17) is 23.2 Å². The first-order valence-corrected chi connectivity index (χ1v) is 8.73. The molecular weight excluding hydrogens is 335 g/mol. The molecule has 0 saturated carbocycles. The van der Waals surface area contributed by atoms with Gasteiger partial charge in [-0.05, 0) is 50.7 Å². The molecule has 0 radical (unpaired) electrons. The van der Waals surface area contributed by atoms with Gasteiger partial charge in [0.1, 0.15) is 0 Å². The number of carbonyl (C=O) groups is 1. The van der Waals surface area contributed by atoms with Gasteiger partial charge in [0.15, 0.2) is 0 Å². The second-order valence-corrected chi connectivity index (χ2v) is 7.81. The van der Waals surface area contributed by atoms with Crippen LogP contribution in [-0.2, 0) is 11.3 Å². The van der Waals surface area contributed by atoms with E-state index in [0.717, 1.165) is 38.0 Å². The summed E-state index contributed by atoms with van der Waals surface area (Å²) >= 11 is 12.2. The molecule has 2 fully saturated rings. The van der Waals surface area contributed by atoms with Gasteiger partial charge in [0, 0.05) is 35.1 Å². The molecule has 3 rings (SSSR count). The lowest BCUT2D eigenvalue weighted by Crippen LogP contribution is -2.44. The van der Waals surface area contributed by atoms with Crippen LogP contribution in [0.25, 0.3) is 0 Å². The highest BCUT2D eigenvalue weighted by Crippen LogP contribution is 2.45. The predicted molar refractivity (Wildman–Crippen MR) is 92.0 cm³/mol. The van der Waals surface area contributed by atoms with Crippen molar-refractivity contribution in [3.05, 3.63) is 33.8 Å². The minimum atomic E-state index is -0.667. The van der Waals surface area contributed by atoms with Crippen LogP contribution in [0, 0.1) is 11.3 Å². The van der Waals surface area contributed by atoms with Crippen molar-refractivity contribution in [1.29, 1.82) is 0 Å². The second-order valence-electron chi connectivity index (χ2n) is 6.96. The maximum atomic E-state index is 11.8. The van der Waals surface area contributed by atoms with E-state index < -0.39 is 5.97 Å². The number of halogens is 2. The third-order valence-electron chi connectivity index (χ3n) is 5.41. The monoisotopic (exact) mass is 356 g/mol. The lowest BCUT2D eigenvalue weighted by molar-refractivity contribution is -0.145. The van der Waals surface area contributed by atoms with Gasteiger partial charge in [0.2, 0.25) is 0 Å². The molecule has 2 aliphatic heterocycles. The van der Waals surface area contributed by atoms with Crippen LogP contribution < -0.4 is 0 Å². The lowest BCUT2D eigenvalue weighted by Gasteiger charge is -2.40. The van der Waals surface area contributed by atoms with Gasteiger partial charge in [0.25, 0.3) is 0 Å². The number of piperidine rings is 1. The topological polar surface area (TPSA) is 43.8 Å². The Morgan fingerprint density at radius 1 is 1.35 bits per heavy atom. The average Bonchev–Trinajstić information content (AvgIpc) is 2.84. The molecule has 0 amide bonds. The van der Waals surface area contributed by atoms with Crippen molar-refractivity contribution >= 4 is 29.2 Å². The number of carboxylic acids is 1. The third-order valence-corrected chi connectivity index (χ3v) is 6.00. The van der Waals surface area contributed by atoms with Crippen molar-refractivity contribution in [3.63, 3.8) is 0 Å². The van der Waals surface area contributed by atoms with E-state index in [1.54, 1.807) is 6.07 Å². The fraction of sp³-hybridized carbons (Fsp3) is 0.588. The first kappa shape index (κ1) is 17.0. The number of likely N-dealkylation sites (tertiary alicyclic amines) is 2. The highest BCUT2D eigenvalue weighted by atomic mass is 35.5. The largest absolute Gasteiger partial charge is 0.481 e. The van der Waals surface area contributed by atoms with Gasteiger partial charge in [-0.3, -0.25) is 9.69 Å². The first-order valence-electron chi connectivity index (χ1n) is 7.97. The minimum absolute atomic E-state index is 0.1000. The molecule has 1 aromatic carbocycles. The van der Waals surface area contributed by atoms with E-state index >= 15 is 0 Å². The smallest absolute Gasteiger partial charge is 0.308 e. The molecule has 4 nitrogen and oxygen atoms in total. The molecule has 0 unspecified atom stereocenters. The van der Waals surface area contributed by atoms with Crippen LogP contribution in [0.1, 0.15) is 18.4 Å². The molecule has 6 heteroatoms. The Kier molecular flexibility index (Phi) is 4.88. The number of benzene rings is 1. The summed E-state index contributed by atoms with van der Waals surface area (Å²) in [6.07, 6.45) is 1.90. The average molecular weight is 357 g/mol. The third kappa shape index (κ3) is 3.50. The predicted octanol–water partition coefficient (Wildman–Crippen LogP) is 3.22. The summed E-state index contributed by atoms with van der Waals surface area (Å²) < 4.78 is 0. The maximum absolute atomic E-state index is 11.8. The maximum Gasteiger partial charge on any atom is 0.308 e. The molecular formula is C17H22Cl2N2O2. The Morgan fingerprint density at radius 3 is 2.65 bits per heavy atom. The molecule has 1 N–H and O–H groups in total. The normalized spacial score (nSPS) is 25.1. The van der Waals surface area contributed by atoms with E-state index in [2.05, 4.69) is 16.8 Å². The molecule has 126 valence electrons. The number of nitrogens with zero attached hydrogens (tertiary/aromatic N) is 2. The highest BCUT2D eigenvalue weighted by Gasteiger charge is 2.50. The van der Waals surface area contributed by atoms with Crippen molar-refractivity contribution in [3.8, 4) is 0 Å². The van der Waals surface area contributed by atoms with Crippen LogP contribution in [0.3, 0.4) is 0 Å². The SMILES string of the molecule is CN1CCC2(CC1)CN(Cc1ccc(Cl)cc1Cl)C[C@@H]2C(=O)O. The van der Waals surface area contributed by atoms with Crippen LogP contribution in [0.5, 0.6) is 0 Å². The van der Waals surface area contributed by atoms with E-state index in [9.17, 15) is 9.90 Å². The Morgan fingerprint density at radius 2 is 2.04 bits per heavy atom. The lowest BCUT2D eigenvalue weighted by atomic mass is 9.71. The number of aliphatic carboxylic acids is 1. The van der Waals surface area contributed by atoms with Gasteiger partial charge in [-0.1, -0.05) is 29.3 Å². The molecule has 1 atom stereocenters. The Balaban J connectivity index is 1.76. The Hall–Kier alpha value is -0.810. The summed E-state index contributed by atoms with van der Waals surface area (Å²) in [7, 11) is 2.10. The molecule has 2 heterocycles. The van der Waals surface area contributed by atoms with Gasteiger partial charge >= 0.3 is 5.97 Å². The molecule has 23 heavy (non-hydrogen) atoms. The van der Waals surface area contributed by atoms with Crippen LogP contribution in [-0.4, -0.2) is 54.1 Å². The molecule has 2 aliphatic rings. The summed E-state index contributed by atoms with van der Waals surface area (Å²) in [4.78, 5) is 16.3. The van der Waals surface area contributed by atoms with Crippen molar-refractivity contribution in [2.75, 3.05) is 33.2 Å². The van der Waals surface area contributed by atoms with Gasteiger partial charge in [-0.2, -0.15) is 0 Å². The molecule has 2 saturated heterocycles. The van der Waals surface area contributed by atoms with Crippen LogP contribution in [0.15, 0.2) is 18.2 Å². The second kappa shape index (κ2) is 6.60. The molecule has 0 bridgehead atoms. The zero-order valence-electron chi connectivity index (χ0n) is 13.3.